The smallest absolute Gasteiger partial charge is 0.252 e. The zero-order valence-corrected chi connectivity index (χ0v) is 14.6. The maximum Gasteiger partial charge on any atom is 0.252 e. The minimum absolute atomic E-state index is 0.0355. The number of amides is 2. The Balaban J connectivity index is 1.49. The van der Waals surface area contributed by atoms with Gasteiger partial charge in [0.1, 0.15) is 0 Å². The molecule has 1 aliphatic carbocycles. The Labute approximate surface area is 151 Å². The van der Waals surface area contributed by atoms with Crippen molar-refractivity contribution in [1.29, 1.82) is 0 Å². The third-order valence-corrected chi connectivity index (χ3v) is 4.67. The van der Waals surface area contributed by atoms with Gasteiger partial charge in [-0.3, -0.25) is 14.6 Å². The lowest BCUT2D eigenvalue weighted by Crippen LogP contribution is -2.38. The van der Waals surface area contributed by atoms with Crippen molar-refractivity contribution in [2.24, 2.45) is 0 Å². The molecule has 0 aliphatic heterocycles. The molecule has 1 aromatic carbocycles. The summed E-state index contributed by atoms with van der Waals surface area (Å²) in [7, 11) is 0. The van der Waals surface area contributed by atoms with Crippen LogP contribution in [0.1, 0.15) is 40.4 Å². The summed E-state index contributed by atoms with van der Waals surface area (Å²) >= 11 is 5.99. The molecule has 0 saturated heterocycles. The first-order chi connectivity index (χ1) is 12.2. The Morgan fingerprint density at radius 2 is 1.92 bits per heavy atom. The quantitative estimate of drug-likeness (QED) is 0.808. The Bertz CT molecular complexity index is 779. The van der Waals surface area contributed by atoms with Gasteiger partial charge in [0.15, 0.2) is 0 Å². The van der Waals surface area contributed by atoms with Crippen molar-refractivity contribution in [2.75, 3.05) is 13.1 Å². The Morgan fingerprint density at radius 1 is 1.12 bits per heavy atom. The molecule has 0 radical (unpaired) electrons. The minimum Gasteiger partial charge on any atom is -0.354 e. The highest BCUT2D eigenvalue weighted by molar-refractivity contribution is 6.33. The maximum atomic E-state index is 12.4. The molecule has 3 rings (SSSR count). The molecule has 1 heterocycles. The van der Waals surface area contributed by atoms with E-state index in [0.29, 0.717) is 23.7 Å². The molecule has 2 amide bonds. The zero-order valence-electron chi connectivity index (χ0n) is 13.8. The van der Waals surface area contributed by atoms with Gasteiger partial charge in [-0.2, -0.15) is 0 Å². The molecule has 1 aromatic heterocycles. The van der Waals surface area contributed by atoms with Gasteiger partial charge >= 0.3 is 0 Å². The molecular weight excluding hydrogens is 338 g/mol. The number of nitrogens with one attached hydrogen (secondary N) is 2. The number of benzene rings is 1. The molecule has 2 N–H and O–H groups in total. The summed E-state index contributed by atoms with van der Waals surface area (Å²) in [4.78, 5) is 28.9. The summed E-state index contributed by atoms with van der Waals surface area (Å²) in [6.45, 7) is 0.714. The van der Waals surface area contributed by atoms with Crippen molar-refractivity contribution in [3.8, 4) is 0 Å². The molecule has 25 heavy (non-hydrogen) atoms. The average molecular weight is 358 g/mol. The molecule has 1 aliphatic rings. The molecule has 0 fully saturated rings. The maximum absolute atomic E-state index is 12.4. The van der Waals surface area contributed by atoms with E-state index in [1.165, 1.54) is 0 Å². The summed E-state index contributed by atoms with van der Waals surface area (Å²) in [6.07, 6.45) is 4.50. The number of fused-ring (bicyclic) bond motifs is 1. The monoisotopic (exact) mass is 357 g/mol. The molecule has 0 saturated carbocycles. The lowest BCUT2D eigenvalue weighted by Gasteiger charge is -2.23. The van der Waals surface area contributed by atoms with E-state index in [4.69, 9.17) is 11.6 Å². The number of rotatable bonds is 5. The van der Waals surface area contributed by atoms with Gasteiger partial charge in [-0.25, -0.2) is 0 Å². The third kappa shape index (κ3) is 4.17. The van der Waals surface area contributed by atoms with Crippen LogP contribution < -0.4 is 10.6 Å². The van der Waals surface area contributed by atoms with Crippen LogP contribution in [0.25, 0.3) is 0 Å². The number of pyridine rings is 1. The van der Waals surface area contributed by atoms with Crippen molar-refractivity contribution in [3.63, 3.8) is 0 Å². The van der Waals surface area contributed by atoms with Gasteiger partial charge < -0.3 is 10.6 Å². The standard InChI is InChI=1S/C19H20ClN3O2/c20-16-9-2-1-7-14(16)18(24)22-11-12-23-19(25)15-8-3-5-13-6-4-10-21-17(13)15/h1-2,4,6-7,9-10,15H,3,5,8,11-12H2,(H,22,24)(H,23,25). The number of aryl methyl sites for hydroxylation is 1. The van der Waals surface area contributed by atoms with Crippen LogP contribution in [0.3, 0.4) is 0 Å². The van der Waals surface area contributed by atoms with Gasteiger partial charge in [-0.05, 0) is 43.0 Å². The van der Waals surface area contributed by atoms with Crippen LogP contribution >= 0.6 is 11.6 Å². The molecule has 0 bridgehead atoms. The highest BCUT2D eigenvalue weighted by atomic mass is 35.5. The first kappa shape index (κ1) is 17.4. The van der Waals surface area contributed by atoms with Crippen LogP contribution in [-0.4, -0.2) is 29.9 Å². The second kappa shape index (κ2) is 8.12. The van der Waals surface area contributed by atoms with Gasteiger partial charge in [0.05, 0.1) is 22.2 Å². The first-order valence-electron chi connectivity index (χ1n) is 8.41. The third-order valence-electron chi connectivity index (χ3n) is 4.34. The number of hydrogen-bond donors (Lipinski definition) is 2. The summed E-state index contributed by atoms with van der Waals surface area (Å²) in [5.41, 5.74) is 2.47. The van der Waals surface area contributed by atoms with Crippen molar-refractivity contribution in [3.05, 3.63) is 64.4 Å². The van der Waals surface area contributed by atoms with Gasteiger partial charge in [-0.15, -0.1) is 0 Å². The lowest BCUT2D eigenvalue weighted by molar-refractivity contribution is -0.122. The van der Waals surface area contributed by atoms with Crippen molar-refractivity contribution >= 4 is 23.4 Å². The second-order valence-electron chi connectivity index (χ2n) is 6.02. The predicted octanol–water partition coefficient (Wildman–Crippen LogP) is 2.70. The van der Waals surface area contributed by atoms with Crippen LogP contribution in [0.15, 0.2) is 42.6 Å². The number of carbonyl (C=O) groups excluding carboxylic acids is 2. The van der Waals surface area contributed by atoms with E-state index in [9.17, 15) is 9.59 Å². The molecule has 6 heteroatoms. The topological polar surface area (TPSA) is 71.1 Å². The van der Waals surface area contributed by atoms with Gasteiger partial charge in [0.25, 0.3) is 5.91 Å². The Hall–Kier alpha value is -2.40. The van der Waals surface area contributed by atoms with Gasteiger partial charge in [-0.1, -0.05) is 29.8 Å². The van der Waals surface area contributed by atoms with Crippen LogP contribution in [0, 0.1) is 0 Å². The highest BCUT2D eigenvalue weighted by Gasteiger charge is 2.27. The van der Waals surface area contributed by atoms with Crippen LogP contribution in [-0.2, 0) is 11.2 Å². The van der Waals surface area contributed by atoms with Crippen LogP contribution in [0.2, 0.25) is 5.02 Å². The fourth-order valence-corrected chi connectivity index (χ4v) is 3.31. The molecule has 1 unspecified atom stereocenters. The summed E-state index contributed by atoms with van der Waals surface area (Å²) in [5, 5.41) is 6.06. The highest BCUT2D eigenvalue weighted by Crippen LogP contribution is 2.29. The van der Waals surface area contributed by atoms with Crippen LogP contribution in [0.4, 0.5) is 0 Å². The Kier molecular flexibility index (Phi) is 5.66. The van der Waals surface area contributed by atoms with E-state index in [1.54, 1.807) is 30.5 Å². The molecule has 130 valence electrons. The van der Waals surface area contributed by atoms with E-state index in [2.05, 4.69) is 15.6 Å². The number of aromatic nitrogens is 1. The predicted molar refractivity (Wildman–Crippen MR) is 96.7 cm³/mol. The van der Waals surface area contributed by atoms with E-state index >= 15 is 0 Å². The number of nitrogens with zero attached hydrogens (tertiary/aromatic N) is 1. The van der Waals surface area contributed by atoms with E-state index in [0.717, 1.165) is 30.5 Å². The first-order valence-corrected chi connectivity index (χ1v) is 8.79. The summed E-state index contributed by atoms with van der Waals surface area (Å²) in [6, 6.07) is 10.8. The summed E-state index contributed by atoms with van der Waals surface area (Å²) < 4.78 is 0. The van der Waals surface area contributed by atoms with E-state index in [-0.39, 0.29) is 17.7 Å². The molecule has 5 nitrogen and oxygen atoms in total. The zero-order chi connectivity index (χ0) is 17.6. The largest absolute Gasteiger partial charge is 0.354 e. The average Bonchev–Trinajstić information content (AvgIpc) is 2.64. The normalized spacial score (nSPS) is 16.0. The second-order valence-corrected chi connectivity index (χ2v) is 6.43. The minimum atomic E-state index is -0.246. The number of hydrogen-bond acceptors (Lipinski definition) is 3. The summed E-state index contributed by atoms with van der Waals surface area (Å²) in [5.74, 6) is -0.486. The van der Waals surface area contributed by atoms with Crippen molar-refractivity contribution in [2.45, 2.75) is 25.2 Å². The molecule has 2 aromatic rings. The van der Waals surface area contributed by atoms with Gasteiger partial charge in [0, 0.05) is 19.3 Å². The molecular formula is C19H20ClN3O2. The molecule has 0 spiro atoms. The SMILES string of the molecule is O=C(NCCNC(=O)C1CCCc2cccnc21)c1ccccc1Cl. The van der Waals surface area contributed by atoms with E-state index < -0.39 is 0 Å². The van der Waals surface area contributed by atoms with Gasteiger partial charge in [0.2, 0.25) is 5.91 Å². The lowest BCUT2D eigenvalue weighted by atomic mass is 9.86. The van der Waals surface area contributed by atoms with Crippen LogP contribution in [0.5, 0.6) is 0 Å². The number of halogens is 1. The Morgan fingerprint density at radius 3 is 2.76 bits per heavy atom. The fraction of sp³-hybridized carbons (Fsp3) is 0.316. The fourth-order valence-electron chi connectivity index (χ4n) is 3.09. The van der Waals surface area contributed by atoms with E-state index in [1.807, 2.05) is 12.1 Å². The number of carbonyl (C=O) groups is 2. The van der Waals surface area contributed by atoms with Crippen molar-refractivity contribution < 1.29 is 9.59 Å². The van der Waals surface area contributed by atoms with Crippen molar-refractivity contribution in [1.82, 2.24) is 15.6 Å². The molecule has 1 atom stereocenters.